The van der Waals surface area contributed by atoms with Gasteiger partial charge in [0.2, 0.25) is 5.91 Å². The highest BCUT2D eigenvalue weighted by molar-refractivity contribution is 5.78. The lowest BCUT2D eigenvalue weighted by Gasteiger charge is -2.51. The molecule has 1 aromatic rings. The molecule has 2 atom stereocenters. The number of nitrogens with zero attached hydrogens (tertiary/aromatic N) is 1. The number of hydrogen-bond acceptors (Lipinski definition) is 4. The largest absolute Gasteiger partial charge is 0.397 e. The fourth-order valence-electron chi connectivity index (χ4n) is 2.48. The van der Waals surface area contributed by atoms with Crippen LogP contribution in [0.3, 0.4) is 0 Å². The molecule has 1 aliphatic rings. The topological polar surface area (TPSA) is 77.2 Å². The molecule has 0 aliphatic heterocycles. The van der Waals surface area contributed by atoms with Crippen LogP contribution in [0.5, 0.6) is 0 Å². The van der Waals surface area contributed by atoms with Crippen molar-refractivity contribution in [2.24, 2.45) is 5.41 Å². The van der Waals surface area contributed by atoms with Crippen molar-refractivity contribution in [3.63, 3.8) is 0 Å². The van der Waals surface area contributed by atoms with Crippen molar-refractivity contribution in [3.05, 3.63) is 24.0 Å². The Morgan fingerprint density at radius 3 is 2.84 bits per heavy atom. The maximum absolute atomic E-state index is 12.0. The van der Waals surface area contributed by atoms with Gasteiger partial charge in [-0.3, -0.25) is 9.78 Å². The van der Waals surface area contributed by atoms with E-state index < -0.39 is 0 Å². The van der Waals surface area contributed by atoms with Gasteiger partial charge < -0.3 is 15.8 Å². The highest BCUT2D eigenvalue weighted by Crippen LogP contribution is 2.42. The second-order valence-electron chi connectivity index (χ2n) is 5.66. The highest BCUT2D eigenvalue weighted by atomic mass is 16.5. The number of nitrogens with one attached hydrogen (secondary N) is 1. The maximum atomic E-state index is 12.0. The van der Waals surface area contributed by atoms with Crippen LogP contribution in [0.25, 0.3) is 0 Å². The Hall–Kier alpha value is -1.62. The van der Waals surface area contributed by atoms with Crippen LogP contribution in [0, 0.1) is 5.41 Å². The summed E-state index contributed by atoms with van der Waals surface area (Å²) in [6.07, 6.45) is 2.93. The number of carbonyl (C=O) groups excluding carboxylic acids is 1. The molecule has 3 N–H and O–H groups in total. The average molecular weight is 263 g/mol. The predicted molar refractivity (Wildman–Crippen MR) is 73.5 cm³/mol. The SMILES string of the molecule is COC1CC(NC(=O)Cc2ccc(N)cn2)C1(C)C. The number of nitrogens with two attached hydrogens (primary N) is 1. The molecule has 1 saturated carbocycles. The summed E-state index contributed by atoms with van der Waals surface area (Å²) in [7, 11) is 1.71. The summed E-state index contributed by atoms with van der Waals surface area (Å²) >= 11 is 0. The molecule has 1 heterocycles. The maximum Gasteiger partial charge on any atom is 0.226 e. The van der Waals surface area contributed by atoms with E-state index in [9.17, 15) is 4.79 Å². The monoisotopic (exact) mass is 263 g/mol. The van der Waals surface area contributed by atoms with Crippen molar-refractivity contribution in [3.8, 4) is 0 Å². The third-order valence-electron chi connectivity index (χ3n) is 3.99. The summed E-state index contributed by atoms with van der Waals surface area (Å²) in [5.74, 6) is -0.00935. The van der Waals surface area contributed by atoms with Crippen LogP contribution in [0.1, 0.15) is 26.0 Å². The summed E-state index contributed by atoms with van der Waals surface area (Å²) in [6, 6.07) is 3.70. The van der Waals surface area contributed by atoms with Crippen molar-refractivity contribution in [1.82, 2.24) is 10.3 Å². The van der Waals surface area contributed by atoms with E-state index in [1.54, 1.807) is 25.4 Å². The minimum Gasteiger partial charge on any atom is -0.397 e. The Morgan fingerprint density at radius 1 is 1.58 bits per heavy atom. The summed E-state index contributed by atoms with van der Waals surface area (Å²) in [5.41, 5.74) is 6.88. The molecule has 5 heteroatoms. The first kappa shape index (κ1) is 13.8. The normalized spacial score (nSPS) is 24.6. The van der Waals surface area contributed by atoms with Gasteiger partial charge in [0.25, 0.3) is 0 Å². The smallest absolute Gasteiger partial charge is 0.226 e. The molecule has 1 aromatic heterocycles. The fourth-order valence-corrected chi connectivity index (χ4v) is 2.48. The molecular formula is C14H21N3O2. The number of ether oxygens (including phenoxy) is 1. The fraction of sp³-hybridized carbons (Fsp3) is 0.571. The average Bonchev–Trinajstić information content (AvgIpc) is 2.37. The van der Waals surface area contributed by atoms with E-state index in [1.165, 1.54) is 0 Å². The van der Waals surface area contributed by atoms with E-state index in [-0.39, 0.29) is 29.9 Å². The zero-order chi connectivity index (χ0) is 14.0. The molecule has 0 aromatic carbocycles. The second-order valence-corrected chi connectivity index (χ2v) is 5.66. The van der Waals surface area contributed by atoms with Gasteiger partial charge in [-0.15, -0.1) is 0 Å². The van der Waals surface area contributed by atoms with E-state index in [4.69, 9.17) is 10.5 Å². The van der Waals surface area contributed by atoms with Gasteiger partial charge in [0.05, 0.1) is 24.4 Å². The lowest BCUT2D eigenvalue weighted by Crippen LogP contribution is -2.62. The molecule has 2 unspecified atom stereocenters. The second kappa shape index (κ2) is 5.17. The van der Waals surface area contributed by atoms with Crippen LogP contribution < -0.4 is 11.1 Å². The van der Waals surface area contributed by atoms with Gasteiger partial charge in [-0.2, -0.15) is 0 Å². The lowest BCUT2D eigenvalue weighted by atomic mass is 9.64. The zero-order valence-corrected chi connectivity index (χ0v) is 11.6. The first-order valence-electron chi connectivity index (χ1n) is 6.46. The van der Waals surface area contributed by atoms with Crippen LogP contribution in [0.4, 0.5) is 5.69 Å². The molecule has 1 amide bonds. The van der Waals surface area contributed by atoms with E-state index in [0.29, 0.717) is 5.69 Å². The van der Waals surface area contributed by atoms with E-state index >= 15 is 0 Å². The van der Waals surface area contributed by atoms with Crippen LogP contribution in [0.2, 0.25) is 0 Å². The quantitative estimate of drug-likeness (QED) is 0.854. The van der Waals surface area contributed by atoms with Gasteiger partial charge in [-0.25, -0.2) is 0 Å². The van der Waals surface area contributed by atoms with Gasteiger partial charge in [0, 0.05) is 24.3 Å². The number of aromatic nitrogens is 1. The van der Waals surface area contributed by atoms with Gasteiger partial charge in [0.15, 0.2) is 0 Å². The Labute approximate surface area is 113 Å². The summed E-state index contributed by atoms with van der Waals surface area (Å²) in [4.78, 5) is 16.1. The van der Waals surface area contributed by atoms with Crippen molar-refractivity contribution >= 4 is 11.6 Å². The highest BCUT2D eigenvalue weighted by Gasteiger charge is 2.49. The van der Waals surface area contributed by atoms with Gasteiger partial charge >= 0.3 is 0 Å². The molecule has 19 heavy (non-hydrogen) atoms. The van der Waals surface area contributed by atoms with Gasteiger partial charge in [-0.05, 0) is 18.6 Å². The summed E-state index contributed by atoms with van der Waals surface area (Å²) in [5, 5.41) is 3.04. The van der Waals surface area contributed by atoms with Crippen molar-refractivity contribution in [2.45, 2.75) is 38.8 Å². The Balaban J connectivity index is 1.87. The lowest BCUT2D eigenvalue weighted by molar-refractivity contribution is -0.132. The molecule has 0 saturated heterocycles. The van der Waals surface area contributed by atoms with Crippen LogP contribution in [-0.4, -0.2) is 30.1 Å². The Bertz CT molecular complexity index is 456. The summed E-state index contributed by atoms with van der Waals surface area (Å²) < 4.78 is 5.37. The third-order valence-corrected chi connectivity index (χ3v) is 3.99. The Morgan fingerprint density at radius 2 is 2.32 bits per heavy atom. The number of carbonyl (C=O) groups is 1. The van der Waals surface area contributed by atoms with Crippen molar-refractivity contribution in [1.29, 1.82) is 0 Å². The first-order chi connectivity index (χ1) is 8.93. The van der Waals surface area contributed by atoms with Crippen molar-refractivity contribution < 1.29 is 9.53 Å². The van der Waals surface area contributed by atoms with Crippen LogP contribution in [-0.2, 0) is 16.0 Å². The molecule has 0 radical (unpaired) electrons. The van der Waals surface area contributed by atoms with Crippen LogP contribution >= 0.6 is 0 Å². The minimum atomic E-state index is -0.0149. The molecule has 0 bridgehead atoms. The van der Waals surface area contributed by atoms with Gasteiger partial charge in [-0.1, -0.05) is 13.8 Å². The van der Waals surface area contributed by atoms with Crippen molar-refractivity contribution in [2.75, 3.05) is 12.8 Å². The predicted octanol–water partition coefficient (Wildman–Crippen LogP) is 1.14. The third kappa shape index (κ3) is 2.87. The summed E-state index contributed by atoms with van der Waals surface area (Å²) in [6.45, 7) is 4.22. The number of hydrogen-bond donors (Lipinski definition) is 2. The van der Waals surface area contributed by atoms with Gasteiger partial charge in [0.1, 0.15) is 0 Å². The first-order valence-corrected chi connectivity index (χ1v) is 6.46. The van der Waals surface area contributed by atoms with Crippen LogP contribution in [0.15, 0.2) is 18.3 Å². The molecule has 1 aliphatic carbocycles. The number of nitrogen functional groups attached to an aromatic ring is 1. The minimum absolute atomic E-state index is 0.00935. The number of rotatable bonds is 4. The Kier molecular flexibility index (Phi) is 3.75. The number of pyridine rings is 1. The molecular weight excluding hydrogens is 242 g/mol. The number of methoxy groups -OCH3 is 1. The zero-order valence-electron chi connectivity index (χ0n) is 11.6. The molecule has 1 fully saturated rings. The number of amides is 1. The van der Waals surface area contributed by atoms with E-state index in [2.05, 4.69) is 24.1 Å². The number of anilines is 1. The van der Waals surface area contributed by atoms with E-state index in [0.717, 1.165) is 12.1 Å². The standard InChI is InChI=1S/C14H21N3O2/c1-14(2)11(7-12(14)19-3)17-13(18)6-10-5-4-9(15)8-16-10/h4-5,8,11-12H,6-7,15H2,1-3H3,(H,17,18). The molecule has 104 valence electrons. The molecule has 5 nitrogen and oxygen atoms in total. The van der Waals surface area contributed by atoms with E-state index in [1.807, 2.05) is 0 Å². The molecule has 2 rings (SSSR count). The molecule has 0 spiro atoms.